The zero-order valence-electron chi connectivity index (χ0n) is 15.9. The first kappa shape index (κ1) is 19.5. The molecular formula is C21H24N2O5. The lowest BCUT2D eigenvalue weighted by Gasteiger charge is -2.25. The van der Waals surface area contributed by atoms with Crippen molar-refractivity contribution in [1.29, 1.82) is 0 Å². The van der Waals surface area contributed by atoms with Crippen LogP contribution in [0.2, 0.25) is 0 Å². The maximum absolute atomic E-state index is 12.4. The van der Waals surface area contributed by atoms with Crippen molar-refractivity contribution in [2.45, 2.75) is 19.9 Å². The molecule has 0 saturated carbocycles. The van der Waals surface area contributed by atoms with Crippen molar-refractivity contribution in [1.82, 2.24) is 5.32 Å². The fourth-order valence-electron chi connectivity index (χ4n) is 2.97. The van der Waals surface area contributed by atoms with Gasteiger partial charge >= 0.3 is 0 Å². The van der Waals surface area contributed by atoms with Gasteiger partial charge in [0.1, 0.15) is 19.0 Å². The van der Waals surface area contributed by atoms with Crippen molar-refractivity contribution in [2.24, 2.45) is 11.7 Å². The van der Waals surface area contributed by atoms with Crippen molar-refractivity contribution in [2.75, 3.05) is 19.8 Å². The van der Waals surface area contributed by atoms with E-state index in [1.165, 1.54) is 0 Å². The first-order valence-electron chi connectivity index (χ1n) is 9.15. The standard InChI is InChI=1S/C21H24N2O5/c1-13(2)20(15-5-8-17-18(11-15)27-10-9-26-17)23-19(24)12-28-16-6-3-14(4-7-16)21(22)25/h3-8,11,13,20H,9-10,12H2,1-2H3,(H2,22,25)(H,23,24)/t20-/m1/s1. The third-order valence-electron chi connectivity index (χ3n) is 4.42. The van der Waals surface area contributed by atoms with Gasteiger partial charge in [-0.1, -0.05) is 19.9 Å². The van der Waals surface area contributed by atoms with Crippen LogP contribution in [0, 0.1) is 5.92 Å². The Labute approximate surface area is 163 Å². The number of fused-ring (bicyclic) bond motifs is 1. The van der Waals surface area contributed by atoms with E-state index in [1.807, 2.05) is 32.0 Å². The average Bonchev–Trinajstić information content (AvgIpc) is 2.70. The van der Waals surface area contributed by atoms with Gasteiger partial charge in [0.05, 0.1) is 6.04 Å². The lowest BCUT2D eigenvalue weighted by Crippen LogP contribution is -2.35. The minimum absolute atomic E-state index is 0.135. The quantitative estimate of drug-likeness (QED) is 0.764. The predicted molar refractivity (Wildman–Crippen MR) is 104 cm³/mol. The third kappa shape index (κ3) is 4.73. The van der Waals surface area contributed by atoms with Gasteiger partial charge in [0.25, 0.3) is 5.91 Å². The Balaban J connectivity index is 1.62. The summed E-state index contributed by atoms with van der Waals surface area (Å²) < 4.78 is 16.7. The molecule has 28 heavy (non-hydrogen) atoms. The molecule has 2 aromatic rings. The lowest BCUT2D eigenvalue weighted by atomic mass is 9.95. The highest BCUT2D eigenvalue weighted by Gasteiger charge is 2.21. The average molecular weight is 384 g/mol. The number of hydrogen-bond acceptors (Lipinski definition) is 5. The molecule has 1 heterocycles. The molecule has 1 aliphatic rings. The second-order valence-corrected chi connectivity index (χ2v) is 6.87. The molecule has 148 valence electrons. The summed E-state index contributed by atoms with van der Waals surface area (Å²) in [6, 6.07) is 11.8. The number of carbonyl (C=O) groups is 2. The van der Waals surface area contributed by atoms with Gasteiger partial charge in [0.2, 0.25) is 5.91 Å². The van der Waals surface area contributed by atoms with E-state index in [2.05, 4.69) is 5.32 Å². The summed E-state index contributed by atoms with van der Waals surface area (Å²) in [5, 5.41) is 3.00. The summed E-state index contributed by atoms with van der Waals surface area (Å²) >= 11 is 0. The van der Waals surface area contributed by atoms with E-state index in [0.717, 1.165) is 5.56 Å². The Morgan fingerprint density at radius 3 is 2.39 bits per heavy atom. The molecule has 3 N–H and O–H groups in total. The van der Waals surface area contributed by atoms with Crippen LogP contribution >= 0.6 is 0 Å². The van der Waals surface area contributed by atoms with E-state index in [9.17, 15) is 9.59 Å². The molecule has 2 amide bonds. The molecule has 0 saturated heterocycles. The number of amides is 2. The molecule has 0 unspecified atom stereocenters. The molecule has 7 nitrogen and oxygen atoms in total. The molecule has 1 aliphatic heterocycles. The zero-order chi connectivity index (χ0) is 20.1. The predicted octanol–water partition coefficient (Wildman–Crippen LogP) is 2.45. The molecule has 0 fully saturated rings. The molecule has 0 aliphatic carbocycles. The number of hydrogen-bond donors (Lipinski definition) is 2. The summed E-state index contributed by atoms with van der Waals surface area (Å²) in [6.07, 6.45) is 0. The minimum Gasteiger partial charge on any atom is -0.486 e. The Morgan fingerprint density at radius 1 is 1.07 bits per heavy atom. The van der Waals surface area contributed by atoms with E-state index < -0.39 is 5.91 Å². The Kier molecular flexibility index (Phi) is 6.03. The molecule has 0 spiro atoms. The second-order valence-electron chi connectivity index (χ2n) is 6.87. The first-order valence-corrected chi connectivity index (χ1v) is 9.15. The van der Waals surface area contributed by atoms with Gasteiger partial charge < -0.3 is 25.3 Å². The Morgan fingerprint density at radius 2 is 1.75 bits per heavy atom. The van der Waals surface area contributed by atoms with Crippen LogP contribution in [0.3, 0.4) is 0 Å². The molecule has 2 aromatic carbocycles. The van der Waals surface area contributed by atoms with Crippen molar-refractivity contribution in [3.05, 3.63) is 53.6 Å². The molecule has 0 bridgehead atoms. The fourth-order valence-corrected chi connectivity index (χ4v) is 2.97. The van der Waals surface area contributed by atoms with Gasteiger partial charge in [-0.3, -0.25) is 9.59 Å². The van der Waals surface area contributed by atoms with Crippen molar-refractivity contribution >= 4 is 11.8 Å². The fraction of sp³-hybridized carbons (Fsp3) is 0.333. The molecule has 1 atom stereocenters. The largest absolute Gasteiger partial charge is 0.486 e. The number of benzene rings is 2. The molecule has 7 heteroatoms. The number of nitrogens with two attached hydrogens (primary N) is 1. The normalized spacial score (nSPS) is 13.7. The Hall–Kier alpha value is -3.22. The van der Waals surface area contributed by atoms with Gasteiger partial charge in [-0.05, 0) is 47.9 Å². The number of rotatable bonds is 7. The molecule has 0 aromatic heterocycles. The van der Waals surface area contributed by atoms with Gasteiger partial charge in [0, 0.05) is 5.56 Å². The third-order valence-corrected chi connectivity index (χ3v) is 4.42. The van der Waals surface area contributed by atoms with Crippen LogP contribution in [0.25, 0.3) is 0 Å². The molecule has 3 rings (SSSR count). The van der Waals surface area contributed by atoms with Gasteiger partial charge in [-0.15, -0.1) is 0 Å². The number of ether oxygens (including phenoxy) is 3. The van der Waals surface area contributed by atoms with E-state index in [4.69, 9.17) is 19.9 Å². The highest BCUT2D eigenvalue weighted by Crippen LogP contribution is 2.34. The maximum Gasteiger partial charge on any atom is 0.258 e. The van der Waals surface area contributed by atoms with Gasteiger partial charge in [-0.2, -0.15) is 0 Å². The SMILES string of the molecule is CC(C)[C@@H](NC(=O)COc1ccc(C(N)=O)cc1)c1ccc2c(c1)OCCO2. The van der Waals surface area contributed by atoms with Crippen molar-refractivity contribution in [3.8, 4) is 17.2 Å². The minimum atomic E-state index is -0.511. The summed E-state index contributed by atoms with van der Waals surface area (Å²) in [7, 11) is 0. The maximum atomic E-state index is 12.4. The smallest absolute Gasteiger partial charge is 0.258 e. The summed E-state index contributed by atoms with van der Waals surface area (Å²) in [5.41, 5.74) is 6.53. The van der Waals surface area contributed by atoms with Crippen molar-refractivity contribution in [3.63, 3.8) is 0 Å². The number of carbonyl (C=O) groups excluding carboxylic acids is 2. The van der Waals surface area contributed by atoms with E-state index in [1.54, 1.807) is 24.3 Å². The van der Waals surface area contributed by atoms with Crippen molar-refractivity contribution < 1.29 is 23.8 Å². The summed E-state index contributed by atoms with van der Waals surface area (Å²) in [6.45, 7) is 4.98. The van der Waals surface area contributed by atoms with Gasteiger partial charge in [0.15, 0.2) is 18.1 Å². The van der Waals surface area contributed by atoms with Crippen LogP contribution in [0.1, 0.15) is 35.8 Å². The number of primary amides is 1. The first-order chi connectivity index (χ1) is 13.4. The summed E-state index contributed by atoms with van der Waals surface area (Å²) in [4.78, 5) is 23.5. The molecular weight excluding hydrogens is 360 g/mol. The summed E-state index contributed by atoms with van der Waals surface area (Å²) in [5.74, 6) is 1.30. The highest BCUT2D eigenvalue weighted by molar-refractivity contribution is 5.92. The van der Waals surface area contributed by atoms with Crippen LogP contribution in [-0.2, 0) is 4.79 Å². The van der Waals surface area contributed by atoms with Crippen LogP contribution in [0.15, 0.2) is 42.5 Å². The van der Waals surface area contributed by atoms with Crippen LogP contribution in [0.4, 0.5) is 0 Å². The molecule has 0 radical (unpaired) electrons. The highest BCUT2D eigenvalue weighted by atomic mass is 16.6. The lowest BCUT2D eigenvalue weighted by molar-refractivity contribution is -0.124. The van der Waals surface area contributed by atoms with E-state index in [-0.39, 0.29) is 24.5 Å². The van der Waals surface area contributed by atoms with Crippen LogP contribution < -0.4 is 25.3 Å². The van der Waals surface area contributed by atoms with Crippen LogP contribution in [-0.4, -0.2) is 31.6 Å². The van der Waals surface area contributed by atoms with E-state index >= 15 is 0 Å². The number of nitrogens with one attached hydrogen (secondary N) is 1. The zero-order valence-corrected chi connectivity index (χ0v) is 15.9. The van der Waals surface area contributed by atoms with E-state index in [0.29, 0.717) is 36.0 Å². The monoisotopic (exact) mass is 384 g/mol. The Bertz CT molecular complexity index is 848. The topological polar surface area (TPSA) is 99.9 Å². The van der Waals surface area contributed by atoms with Crippen LogP contribution in [0.5, 0.6) is 17.2 Å². The second kappa shape index (κ2) is 8.65. The van der Waals surface area contributed by atoms with Gasteiger partial charge in [-0.25, -0.2) is 0 Å².